The number of fused-ring (bicyclic) bond motifs is 1. The minimum atomic E-state index is -1.14. The highest BCUT2D eigenvalue weighted by molar-refractivity contribution is 5.95. The number of carbonyl (C=O) groups is 2. The molecule has 0 atom stereocenters. The minimum Gasteiger partial charge on any atom is -0.388 e. The number of hydrogen-bond acceptors (Lipinski definition) is 5. The molecule has 2 aliphatic rings. The first-order valence-corrected chi connectivity index (χ1v) is 11.0. The van der Waals surface area contributed by atoms with Crippen molar-refractivity contribution >= 4 is 11.8 Å². The van der Waals surface area contributed by atoms with E-state index in [0.717, 1.165) is 0 Å². The number of carbonyl (C=O) groups excluding carboxylic acids is 2. The number of aromatic nitrogens is 2. The van der Waals surface area contributed by atoms with Gasteiger partial charge >= 0.3 is 0 Å². The number of amides is 2. The Balaban J connectivity index is 1.24. The first-order chi connectivity index (χ1) is 16.3. The third-order valence-corrected chi connectivity index (χ3v) is 6.35. The molecule has 0 bridgehead atoms. The number of aliphatic hydroxyl groups is 1. The lowest BCUT2D eigenvalue weighted by atomic mass is 9.90. The van der Waals surface area contributed by atoms with Gasteiger partial charge in [0.05, 0.1) is 18.3 Å². The summed E-state index contributed by atoms with van der Waals surface area (Å²) in [5, 5.41) is 11.1. The van der Waals surface area contributed by atoms with Crippen LogP contribution in [-0.2, 0) is 0 Å². The molecule has 34 heavy (non-hydrogen) atoms. The third-order valence-electron chi connectivity index (χ3n) is 6.35. The van der Waals surface area contributed by atoms with Crippen molar-refractivity contribution in [2.24, 2.45) is 0 Å². The van der Waals surface area contributed by atoms with E-state index in [1.54, 1.807) is 21.7 Å². The minimum absolute atomic E-state index is 0.106. The van der Waals surface area contributed by atoms with Gasteiger partial charge in [0.2, 0.25) is 0 Å². The molecule has 1 fully saturated rings. The molecule has 3 aromatic rings. The van der Waals surface area contributed by atoms with Gasteiger partial charge in [0.15, 0.2) is 5.82 Å². The topological polar surface area (TPSA) is 90.7 Å². The molecule has 0 unspecified atom stereocenters. The average Bonchev–Trinajstić information content (AvgIpc) is 3.27. The molecule has 1 aromatic heterocycles. The Kier molecular flexibility index (Phi) is 5.52. The zero-order valence-electron chi connectivity index (χ0n) is 18.2. The second kappa shape index (κ2) is 8.53. The van der Waals surface area contributed by atoms with Crippen molar-refractivity contribution in [3.8, 4) is 11.4 Å². The van der Waals surface area contributed by atoms with Crippen molar-refractivity contribution in [3.05, 3.63) is 77.6 Å². The molecule has 2 amide bonds. The van der Waals surface area contributed by atoms with Crippen LogP contribution < -0.4 is 5.43 Å². The molecular weight excluding hydrogens is 444 g/mol. The summed E-state index contributed by atoms with van der Waals surface area (Å²) >= 11 is 0. The van der Waals surface area contributed by atoms with Crippen molar-refractivity contribution in [1.82, 2.24) is 19.5 Å². The molecule has 2 aromatic carbocycles. The van der Waals surface area contributed by atoms with Crippen molar-refractivity contribution < 1.29 is 23.5 Å². The molecule has 0 spiro atoms. The molecule has 0 saturated carbocycles. The van der Waals surface area contributed by atoms with Gasteiger partial charge in [0, 0.05) is 24.2 Å². The van der Waals surface area contributed by atoms with Crippen LogP contribution >= 0.6 is 0 Å². The van der Waals surface area contributed by atoms with E-state index in [1.807, 2.05) is 0 Å². The molecule has 10 heteroatoms. The fourth-order valence-corrected chi connectivity index (χ4v) is 4.40. The van der Waals surface area contributed by atoms with Crippen LogP contribution in [0, 0.1) is 11.6 Å². The predicted molar refractivity (Wildman–Crippen MR) is 119 cm³/mol. The summed E-state index contributed by atoms with van der Waals surface area (Å²) < 4.78 is 27.9. The molecule has 176 valence electrons. The molecule has 2 aliphatic heterocycles. The van der Waals surface area contributed by atoms with Crippen molar-refractivity contribution in [1.29, 1.82) is 0 Å². The van der Waals surface area contributed by atoms with E-state index in [9.17, 15) is 23.5 Å². The SMILES string of the molecule is O=C(c1ccc(F)cc1)N1CCC(O)(CN2CNn3c(cnc3-c3ccc(F)cc3)C2=O)CC1. The summed E-state index contributed by atoms with van der Waals surface area (Å²) in [5.74, 6) is -0.763. The highest BCUT2D eigenvalue weighted by atomic mass is 19.1. The second-order valence-corrected chi connectivity index (χ2v) is 8.65. The zero-order valence-corrected chi connectivity index (χ0v) is 18.2. The molecule has 1 saturated heterocycles. The van der Waals surface area contributed by atoms with Gasteiger partial charge in [-0.25, -0.2) is 18.4 Å². The molecule has 8 nitrogen and oxygen atoms in total. The number of halogens is 2. The number of nitrogens with one attached hydrogen (secondary N) is 1. The summed E-state index contributed by atoms with van der Waals surface area (Å²) in [4.78, 5) is 33.2. The van der Waals surface area contributed by atoms with E-state index in [4.69, 9.17) is 0 Å². The average molecular weight is 467 g/mol. The summed E-state index contributed by atoms with van der Waals surface area (Å²) in [6, 6.07) is 11.2. The van der Waals surface area contributed by atoms with E-state index < -0.39 is 11.4 Å². The monoisotopic (exact) mass is 467 g/mol. The lowest BCUT2D eigenvalue weighted by molar-refractivity contribution is -0.0369. The van der Waals surface area contributed by atoms with Gasteiger partial charge in [-0.05, 0) is 61.4 Å². The van der Waals surface area contributed by atoms with Gasteiger partial charge in [0.25, 0.3) is 11.8 Å². The molecule has 0 aliphatic carbocycles. The predicted octanol–water partition coefficient (Wildman–Crippen LogP) is 2.45. The lowest BCUT2D eigenvalue weighted by Crippen LogP contribution is -2.56. The highest BCUT2D eigenvalue weighted by Crippen LogP contribution is 2.27. The maximum absolute atomic E-state index is 13.2. The van der Waals surface area contributed by atoms with Crippen molar-refractivity contribution in [2.75, 3.05) is 31.7 Å². The van der Waals surface area contributed by atoms with E-state index >= 15 is 0 Å². The van der Waals surface area contributed by atoms with Crippen LogP contribution in [-0.4, -0.2) is 68.3 Å². The fraction of sp³-hybridized carbons (Fsp3) is 0.292. The Labute approximate surface area is 194 Å². The van der Waals surface area contributed by atoms with Gasteiger partial charge in [-0.3, -0.25) is 9.59 Å². The standard InChI is InChI=1S/C24H23F2N5O3/c25-18-5-1-16(2-6-18)21-27-13-20-23(33)30(15-28-31(20)21)14-24(34)9-11-29(12-10-24)22(32)17-3-7-19(26)8-4-17/h1-8,13,28,34H,9-12,14-15H2. The molecule has 2 N–H and O–H groups in total. The van der Waals surface area contributed by atoms with Gasteiger partial charge < -0.3 is 20.3 Å². The number of imidazole rings is 1. The highest BCUT2D eigenvalue weighted by Gasteiger charge is 2.39. The molecule has 5 rings (SSSR count). The van der Waals surface area contributed by atoms with Crippen LogP contribution in [0.4, 0.5) is 8.78 Å². The Morgan fingerprint density at radius 2 is 1.65 bits per heavy atom. The van der Waals surface area contributed by atoms with Crippen LogP contribution in [0.25, 0.3) is 11.4 Å². The maximum Gasteiger partial charge on any atom is 0.275 e. The first kappa shape index (κ1) is 22.0. The Morgan fingerprint density at radius 3 is 2.29 bits per heavy atom. The first-order valence-electron chi connectivity index (χ1n) is 11.0. The summed E-state index contributed by atoms with van der Waals surface area (Å²) in [6.45, 7) is 0.926. The third kappa shape index (κ3) is 4.12. The maximum atomic E-state index is 13.2. The number of hydrogen-bond donors (Lipinski definition) is 2. The molecular formula is C24H23F2N5O3. The second-order valence-electron chi connectivity index (χ2n) is 8.65. The van der Waals surface area contributed by atoms with E-state index in [1.165, 1.54) is 47.5 Å². The summed E-state index contributed by atoms with van der Waals surface area (Å²) in [5.41, 5.74) is 3.36. The fourth-order valence-electron chi connectivity index (χ4n) is 4.40. The number of benzene rings is 2. The van der Waals surface area contributed by atoms with Crippen LogP contribution in [0.2, 0.25) is 0 Å². The van der Waals surface area contributed by atoms with Gasteiger partial charge in [-0.1, -0.05) is 0 Å². The van der Waals surface area contributed by atoms with Crippen LogP contribution in [0.3, 0.4) is 0 Å². The van der Waals surface area contributed by atoms with E-state index in [2.05, 4.69) is 10.4 Å². The number of likely N-dealkylation sites (tertiary alicyclic amines) is 1. The normalized spacial score (nSPS) is 17.3. The zero-order chi connectivity index (χ0) is 23.9. The van der Waals surface area contributed by atoms with Crippen LogP contribution in [0.15, 0.2) is 54.7 Å². The lowest BCUT2D eigenvalue weighted by Gasteiger charge is -2.42. The number of rotatable bonds is 4. The molecule has 3 heterocycles. The van der Waals surface area contributed by atoms with Crippen LogP contribution in [0.1, 0.15) is 33.7 Å². The summed E-state index contributed by atoms with van der Waals surface area (Å²) in [6.07, 6.45) is 2.07. The van der Waals surface area contributed by atoms with Gasteiger partial charge in [-0.2, -0.15) is 0 Å². The van der Waals surface area contributed by atoms with Gasteiger partial charge in [-0.15, -0.1) is 0 Å². The van der Waals surface area contributed by atoms with Gasteiger partial charge in [0.1, 0.15) is 24.0 Å². The Morgan fingerprint density at radius 1 is 1.03 bits per heavy atom. The number of piperidine rings is 1. The molecule has 0 radical (unpaired) electrons. The smallest absolute Gasteiger partial charge is 0.275 e. The number of nitrogens with zero attached hydrogens (tertiary/aromatic N) is 4. The van der Waals surface area contributed by atoms with Crippen LogP contribution in [0.5, 0.6) is 0 Å². The Bertz CT molecular complexity index is 1220. The quantitative estimate of drug-likeness (QED) is 0.615. The van der Waals surface area contributed by atoms with Crippen molar-refractivity contribution in [2.45, 2.75) is 18.4 Å². The largest absolute Gasteiger partial charge is 0.388 e. The van der Waals surface area contributed by atoms with Crippen molar-refractivity contribution in [3.63, 3.8) is 0 Å². The van der Waals surface area contributed by atoms with E-state index in [0.29, 0.717) is 48.6 Å². The summed E-state index contributed by atoms with van der Waals surface area (Å²) in [7, 11) is 0. The van der Waals surface area contributed by atoms with E-state index in [-0.39, 0.29) is 30.8 Å². The number of β-amino-alcohol motifs (C(OH)–C–C–N with tert-alkyl or cyclic N) is 1. The Hall–Kier alpha value is -3.79.